The van der Waals surface area contributed by atoms with Gasteiger partial charge in [-0.25, -0.2) is 29.9 Å². The summed E-state index contributed by atoms with van der Waals surface area (Å²) >= 11 is 0. The third-order valence-corrected chi connectivity index (χ3v) is 9.75. The molecule has 0 atom stereocenters. The summed E-state index contributed by atoms with van der Waals surface area (Å²) in [5, 5.41) is 3.94. The number of benzene rings is 8. The largest absolute Gasteiger partial charge is 0.244 e. The summed E-state index contributed by atoms with van der Waals surface area (Å²) in [4.78, 5) is 32.1. The summed E-state index contributed by atoms with van der Waals surface area (Å²) in [7, 11) is 0. The molecule has 0 N–H and O–H groups in total. The van der Waals surface area contributed by atoms with Gasteiger partial charge in [-0.15, -0.1) is 0 Å². The number of fused-ring (bicyclic) bond motifs is 8. The van der Waals surface area contributed by atoms with Crippen LogP contribution in [0.2, 0.25) is 0 Å². The third-order valence-electron chi connectivity index (χ3n) is 9.75. The van der Waals surface area contributed by atoms with E-state index in [1.807, 2.05) is 78.9 Å². The molecule has 3 heterocycles. The Bertz CT molecular complexity index is 2940. The van der Waals surface area contributed by atoms with Crippen LogP contribution in [-0.4, -0.2) is 29.9 Å². The van der Waals surface area contributed by atoms with Gasteiger partial charge in [0.2, 0.25) is 0 Å². The van der Waals surface area contributed by atoms with Crippen LogP contribution >= 0.6 is 0 Å². The molecular formula is C44H24N6. The van der Waals surface area contributed by atoms with Gasteiger partial charge in [-0.3, -0.25) is 0 Å². The maximum Gasteiger partial charge on any atom is 0.160 e. The van der Waals surface area contributed by atoms with Gasteiger partial charge in [-0.2, -0.15) is 0 Å². The van der Waals surface area contributed by atoms with Gasteiger partial charge in [-0.05, 0) is 52.6 Å². The van der Waals surface area contributed by atoms with Gasteiger partial charge in [-0.1, -0.05) is 115 Å². The maximum atomic E-state index is 5.39. The summed E-state index contributed by atoms with van der Waals surface area (Å²) in [6.07, 6.45) is 0. The average Bonchev–Trinajstić information content (AvgIpc) is 3.19. The Morgan fingerprint density at radius 2 is 0.600 bits per heavy atom. The van der Waals surface area contributed by atoms with Crippen molar-refractivity contribution < 1.29 is 0 Å². The molecule has 8 aromatic carbocycles. The van der Waals surface area contributed by atoms with Crippen LogP contribution in [0.3, 0.4) is 0 Å². The Hall–Kier alpha value is -6.92. The van der Waals surface area contributed by atoms with Crippen LogP contribution in [0.4, 0.5) is 0 Å². The first-order valence-electron chi connectivity index (χ1n) is 16.6. The summed E-state index contributed by atoms with van der Waals surface area (Å²) in [6.45, 7) is 0. The minimum Gasteiger partial charge on any atom is -0.244 e. The minimum atomic E-state index is 0.607. The van der Waals surface area contributed by atoms with E-state index in [1.165, 1.54) is 0 Å². The van der Waals surface area contributed by atoms with Crippen molar-refractivity contribution in [3.8, 4) is 33.6 Å². The van der Waals surface area contributed by atoms with Crippen LogP contribution in [0, 0.1) is 0 Å². The van der Waals surface area contributed by atoms with Crippen LogP contribution in [0.15, 0.2) is 146 Å². The van der Waals surface area contributed by atoms with E-state index < -0.39 is 0 Å². The number of hydrogen-bond acceptors (Lipinski definition) is 6. The van der Waals surface area contributed by atoms with Crippen molar-refractivity contribution in [2.75, 3.05) is 0 Å². The quantitative estimate of drug-likeness (QED) is 0.142. The molecule has 3 aromatic heterocycles. The van der Waals surface area contributed by atoms with Crippen LogP contribution in [0.1, 0.15) is 0 Å². The van der Waals surface area contributed by atoms with E-state index in [2.05, 4.69) is 66.7 Å². The van der Waals surface area contributed by atoms with Crippen molar-refractivity contribution in [2.24, 2.45) is 0 Å². The second-order valence-electron chi connectivity index (χ2n) is 12.6. The Morgan fingerprint density at radius 3 is 1.02 bits per heavy atom. The Kier molecular flexibility index (Phi) is 5.57. The Labute approximate surface area is 285 Å². The fraction of sp³-hybridized carbons (Fsp3) is 0. The highest BCUT2D eigenvalue weighted by molar-refractivity contribution is 6.41. The molecule has 0 aliphatic carbocycles. The standard InChI is InChI=1S/C44H24N6/c1-4-14-25(15-5-1)28-24-29(26-16-6-2-7-17-26)35-36-34(28)38-42(47-32-22-12-10-20-30(32)45-38)40-37(36)41(50-44(49-40)27-18-8-3-9-19-27)43-39(35)46-31-21-11-13-23-33(31)48-43/h1-24H. The first-order valence-corrected chi connectivity index (χ1v) is 16.6. The predicted molar refractivity (Wildman–Crippen MR) is 203 cm³/mol. The van der Waals surface area contributed by atoms with Crippen molar-refractivity contribution in [1.29, 1.82) is 0 Å². The topological polar surface area (TPSA) is 77.3 Å². The molecule has 0 amide bonds. The van der Waals surface area contributed by atoms with Crippen LogP contribution < -0.4 is 0 Å². The molecule has 0 radical (unpaired) electrons. The number of para-hydroxylation sites is 4. The lowest BCUT2D eigenvalue weighted by molar-refractivity contribution is 1.26. The van der Waals surface area contributed by atoms with Gasteiger partial charge in [0, 0.05) is 27.1 Å². The van der Waals surface area contributed by atoms with Gasteiger partial charge >= 0.3 is 0 Å². The molecule has 0 spiro atoms. The van der Waals surface area contributed by atoms with E-state index in [1.54, 1.807) is 0 Å². The lowest BCUT2D eigenvalue weighted by atomic mass is 9.85. The fourth-order valence-corrected chi connectivity index (χ4v) is 7.55. The van der Waals surface area contributed by atoms with Gasteiger partial charge < -0.3 is 0 Å². The van der Waals surface area contributed by atoms with Crippen molar-refractivity contribution in [2.45, 2.75) is 0 Å². The maximum absolute atomic E-state index is 5.39. The second-order valence-corrected chi connectivity index (χ2v) is 12.6. The molecule has 0 bridgehead atoms. The van der Waals surface area contributed by atoms with Gasteiger partial charge in [0.15, 0.2) is 5.82 Å². The molecular weight excluding hydrogens is 613 g/mol. The van der Waals surface area contributed by atoms with Crippen molar-refractivity contribution >= 4 is 76.7 Å². The monoisotopic (exact) mass is 636 g/mol. The fourth-order valence-electron chi connectivity index (χ4n) is 7.55. The summed E-state index contributed by atoms with van der Waals surface area (Å²) in [5.74, 6) is 0.607. The van der Waals surface area contributed by atoms with Crippen LogP contribution in [-0.2, 0) is 0 Å². The highest BCUT2D eigenvalue weighted by Gasteiger charge is 2.27. The normalized spacial score (nSPS) is 12.0. The average molecular weight is 637 g/mol. The number of hydrogen-bond donors (Lipinski definition) is 0. The van der Waals surface area contributed by atoms with E-state index in [-0.39, 0.29) is 0 Å². The molecule has 11 rings (SSSR count). The lowest BCUT2D eigenvalue weighted by Crippen LogP contribution is -2.02. The molecule has 0 unspecified atom stereocenters. The molecule has 0 fully saturated rings. The zero-order valence-electron chi connectivity index (χ0n) is 26.5. The van der Waals surface area contributed by atoms with Gasteiger partial charge in [0.1, 0.15) is 33.1 Å². The molecule has 11 aromatic rings. The van der Waals surface area contributed by atoms with E-state index in [0.29, 0.717) is 5.82 Å². The molecule has 0 aliphatic heterocycles. The molecule has 0 saturated heterocycles. The van der Waals surface area contributed by atoms with Crippen LogP contribution in [0.5, 0.6) is 0 Å². The van der Waals surface area contributed by atoms with E-state index >= 15 is 0 Å². The van der Waals surface area contributed by atoms with Crippen molar-refractivity contribution in [3.05, 3.63) is 146 Å². The molecule has 50 heavy (non-hydrogen) atoms. The zero-order valence-corrected chi connectivity index (χ0v) is 26.5. The highest BCUT2D eigenvalue weighted by atomic mass is 14.9. The molecule has 6 heteroatoms. The first kappa shape index (κ1) is 27.1. The van der Waals surface area contributed by atoms with Gasteiger partial charge in [0.25, 0.3) is 0 Å². The van der Waals surface area contributed by atoms with E-state index in [4.69, 9.17) is 29.9 Å². The van der Waals surface area contributed by atoms with Crippen molar-refractivity contribution in [1.82, 2.24) is 29.9 Å². The Balaban J connectivity index is 1.50. The smallest absolute Gasteiger partial charge is 0.160 e. The van der Waals surface area contributed by atoms with Gasteiger partial charge in [0.05, 0.1) is 22.1 Å². The summed E-state index contributed by atoms with van der Waals surface area (Å²) in [5.41, 5.74) is 13.1. The molecule has 230 valence electrons. The molecule has 6 nitrogen and oxygen atoms in total. The number of aromatic nitrogens is 6. The van der Waals surface area contributed by atoms with Crippen LogP contribution in [0.25, 0.3) is 110 Å². The predicted octanol–water partition coefficient (Wildman–Crippen LogP) is 10.6. The van der Waals surface area contributed by atoms with Crippen molar-refractivity contribution in [3.63, 3.8) is 0 Å². The summed E-state index contributed by atoms with van der Waals surface area (Å²) in [6, 6.07) is 49.6. The number of rotatable bonds is 3. The zero-order chi connectivity index (χ0) is 32.8. The van der Waals surface area contributed by atoms with E-state index in [9.17, 15) is 0 Å². The third kappa shape index (κ3) is 3.84. The minimum absolute atomic E-state index is 0.607. The SMILES string of the molecule is c1ccc(-c2nc3c4nc5ccccc5nc4c4c(-c5ccccc5)cc(-c5ccccc5)c5c6nc7ccccc7nc6c(n2)c3c45)cc1. The second kappa shape index (κ2) is 10.3. The highest BCUT2D eigenvalue weighted by Crippen LogP contribution is 2.49. The van der Waals surface area contributed by atoms with E-state index in [0.717, 1.165) is 105 Å². The summed E-state index contributed by atoms with van der Waals surface area (Å²) < 4.78 is 0. The molecule has 0 aliphatic rings. The Morgan fingerprint density at radius 1 is 0.260 bits per heavy atom. The molecule has 0 saturated carbocycles. The first-order chi connectivity index (χ1) is 24.8. The number of nitrogens with zero attached hydrogens (tertiary/aromatic N) is 6. The lowest BCUT2D eigenvalue weighted by Gasteiger charge is -2.21.